The molecule has 1 aromatic carbocycles. The van der Waals surface area contributed by atoms with Crippen molar-refractivity contribution >= 4 is 6.08 Å². The van der Waals surface area contributed by atoms with Crippen molar-refractivity contribution in [3.8, 4) is 5.75 Å². The first-order valence-corrected chi connectivity index (χ1v) is 6.58. The lowest BCUT2D eigenvalue weighted by Gasteiger charge is -2.19. The van der Waals surface area contributed by atoms with Gasteiger partial charge in [0, 0.05) is 0 Å². The van der Waals surface area contributed by atoms with Gasteiger partial charge in [-0.3, -0.25) is 0 Å². The predicted octanol–water partition coefficient (Wildman–Crippen LogP) is 4.71. The molecule has 2 rings (SSSR count). The molecule has 1 aliphatic rings. The molecule has 0 atom stereocenters. The zero-order valence-corrected chi connectivity index (χ0v) is 11.7. The second-order valence-corrected chi connectivity index (χ2v) is 4.44. The molecule has 0 unspecified atom stereocenters. The summed E-state index contributed by atoms with van der Waals surface area (Å²) in [7, 11) is 1.72. The van der Waals surface area contributed by atoms with Gasteiger partial charge in [-0.2, -0.15) is 0 Å². The standard InChI is InChI=1S/C14H18O.C2H6/c1-10(2)11-4-5-13-9-14(15-3)7-6-12(13)8-11;1-2/h6-10H,4-5H2,1-3H3;1-2H3. The van der Waals surface area contributed by atoms with E-state index in [2.05, 4.69) is 32.1 Å². The lowest BCUT2D eigenvalue weighted by atomic mass is 9.87. The molecule has 1 aliphatic carbocycles. The summed E-state index contributed by atoms with van der Waals surface area (Å²) in [4.78, 5) is 0. The highest BCUT2D eigenvalue weighted by atomic mass is 16.5. The Bertz CT molecular complexity index is 389. The Balaban J connectivity index is 0.000000686. The van der Waals surface area contributed by atoms with Crippen LogP contribution in [0.15, 0.2) is 23.8 Å². The van der Waals surface area contributed by atoms with Crippen molar-refractivity contribution in [1.29, 1.82) is 0 Å². The number of aryl methyl sites for hydroxylation is 1. The van der Waals surface area contributed by atoms with Gasteiger partial charge in [-0.1, -0.05) is 45.4 Å². The van der Waals surface area contributed by atoms with Gasteiger partial charge in [0.15, 0.2) is 0 Å². The fourth-order valence-electron chi connectivity index (χ4n) is 2.07. The number of hydrogen-bond donors (Lipinski definition) is 0. The molecule has 0 bridgehead atoms. The molecule has 0 saturated carbocycles. The number of allylic oxidation sites excluding steroid dienone is 1. The smallest absolute Gasteiger partial charge is 0.119 e. The SMILES string of the molecule is CC.COc1ccc2c(c1)CCC(C(C)C)=C2. The van der Waals surface area contributed by atoms with E-state index in [1.165, 1.54) is 17.5 Å². The van der Waals surface area contributed by atoms with Crippen molar-refractivity contribution < 1.29 is 4.74 Å². The minimum absolute atomic E-state index is 0.667. The van der Waals surface area contributed by atoms with E-state index >= 15 is 0 Å². The number of methoxy groups -OCH3 is 1. The topological polar surface area (TPSA) is 9.23 Å². The third-order valence-electron chi connectivity index (χ3n) is 3.12. The molecule has 0 saturated heterocycles. The molecule has 17 heavy (non-hydrogen) atoms. The molecule has 1 aromatic rings. The summed E-state index contributed by atoms with van der Waals surface area (Å²) in [5.74, 6) is 1.63. The molecule has 0 spiro atoms. The van der Waals surface area contributed by atoms with Gasteiger partial charge in [-0.15, -0.1) is 0 Å². The first-order chi connectivity index (χ1) is 8.20. The molecule has 0 heterocycles. The molecule has 0 aliphatic heterocycles. The molecule has 1 heteroatoms. The fourth-order valence-corrected chi connectivity index (χ4v) is 2.07. The Kier molecular flexibility index (Phi) is 5.27. The van der Waals surface area contributed by atoms with E-state index in [1.54, 1.807) is 12.7 Å². The summed E-state index contributed by atoms with van der Waals surface area (Å²) in [6, 6.07) is 6.36. The van der Waals surface area contributed by atoms with Crippen LogP contribution in [0.1, 0.15) is 45.2 Å². The van der Waals surface area contributed by atoms with E-state index in [9.17, 15) is 0 Å². The minimum atomic E-state index is 0.667. The molecule has 0 aromatic heterocycles. The van der Waals surface area contributed by atoms with Gasteiger partial charge < -0.3 is 4.74 Å². The molecule has 94 valence electrons. The van der Waals surface area contributed by atoms with Crippen LogP contribution >= 0.6 is 0 Å². The van der Waals surface area contributed by atoms with E-state index in [0.29, 0.717) is 5.92 Å². The van der Waals surface area contributed by atoms with Crippen LogP contribution in [0.25, 0.3) is 6.08 Å². The van der Waals surface area contributed by atoms with E-state index in [1.807, 2.05) is 19.9 Å². The maximum Gasteiger partial charge on any atom is 0.119 e. The largest absolute Gasteiger partial charge is 0.497 e. The van der Waals surface area contributed by atoms with Crippen molar-refractivity contribution in [2.24, 2.45) is 5.92 Å². The second-order valence-electron chi connectivity index (χ2n) is 4.44. The highest BCUT2D eigenvalue weighted by molar-refractivity contribution is 5.61. The second kappa shape index (κ2) is 6.48. The first kappa shape index (κ1) is 13.8. The van der Waals surface area contributed by atoms with Crippen LogP contribution in [-0.2, 0) is 6.42 Å². The third-order valence-corrected chi connectivity index (χ3v) is 3.12. The lowest BCUT2D eigenvalue weighted by molar-refractivity contribution is 0.414. The molecule has 1 nitrogen and oxygen atoms in total. The Labute approximate surface area is 106 Å². The van der Waals surface area contributed by atoms with Crippen LogP contribution in [0.3, 0.4) is 0 Å². The van der Waals surface area contributed by atoms with Crippen LogP contribution in [0.2, 0.25) is 0 Å². The summed E-state index contributed by atoms with van der Waals surface area (Å²) in [5, 5.41) is 0. The summed E-state index contributed by atoms with van der Waals surface area (Å²) in [5.41, 5.74) is 4.34. The van der Waals surface area contributed by atoms with Gasteiger partial charge in [0.25, 0.3) is 0 Å². The zero-order chi connectivity index (χ0) is 12.8. The number of ether oxygens (including phenoxy) is 1. The highest BCUT2D eigenvalue weighted by Crippen LogP contribution is 2.30. The van der Waals surface area contributed by atoms with Gasteiger partial charge >= 0.3 is 0 Å². The quantitative estimate of drug-likeness (QED) is 0.717. The average Bonchev–Trinajstić information content (AvgIpc) is 2.39. The van der Waals surface area contributed by atoms with E-state index < -0.39 is 0 Å². The maximum absolute atomic E-state index is 5.23. The lowest BCUT2D eigenvalue weighted by Crippen LogP contribution is -2.04. The van der Waals surface area contributed by atoms with Crippen LogP contribution in [0, 0.1) is 5.92 Å². The fraction of sp³-hybridized carbons (Fsp3) is 0.500. The Morgan fingerprint density at radius 3 is 2.41 bits per heavy atom. The van der Waals surface area contributed by atoms with E-state index in [-0.39, 0.29) is 0 Å². The summed E-state index contributed by atoms with van der Waals surface area (Å²) >= 11 is 0. The average molecular weight is 232 g/mol. The van der Waals surface area contributed by atoms with Crippen molar-refractivity contribution in [1.82, 2.24) is 0 Å². The molecular weight excluding hydrogens is 208 g/mol. The highest BCUT2D eigenvalue weighted by Gasteiger charge is 2.12. The maximum atomic E-state index is 5.23. The first-order valence-electron chi connectivity index (χ1n) is 6.58. The van der Waals surface area contributed by atoms with Crippen molar-refractivity contribution in [2.75, 3.05) is 7.11 Å². The van der Waals surface area contributed by atoms with Gasteiger partial charge in [0.05, 0.1) is 7.11 Å². The number of hydrogen-bond acceptors (Lipinski definition) is 1. The number of benzene rings is 1. The summed E-state index contributed by atoms with van der Waals surface area (Å²) < 4.78 is 5.23. The third kappa shape index (κ3) is 3.36. The van der Waals surface area contributed by atoms with Crippen molar-refractivity contribution in [2.45, 2.75) is 40.5 Å². The van der Waals surface area contributed by atoms with Crippen LogP contribution in [-0.4, -0.2) is 7.11 Å². The molecular formula is C16H24O. The Hall–Kier alpha value is -1.24. The van der Waals surface area contributed by atoms with Gasteiger partial charge in [-0.25, -0.2) is 0 Å². The van der Waals surface area contributed by atoms with Crippen molar-refractivity contribution in [3.05, 3.63) is 34.9 Å². The van der Waals surface area contributed by atoms with E-state index in [4.69, 9.17) is 4.74 Å². The molecule has 0 N–H and O–H groups in total. The molecule has 0 fully saturated rings. The van der Waals surface area contributed by atoms with Crippen molar-refractivity contribution in [3.63, 3.8) is 0 Å². The predicted molar refractivity (Wildman–Crippen MR) is 75.5 cm³/mol. The normalized spacial score (nSPS) is 13.4. The van der Waals surface area contributed by atoms with Gasteiger partial charge in [0.2, 0.25) is 0 Å². The van der Waals surface area contributed by atoms with Crippen LogP contribution in [0.5, 0.6) is 5.75 Å². The van der Waals surface area contributed by atoms with E-state index in [0.717, 1.165) is 12.2 Å². The Morgan fingerprint density at radius 1 is 1.12 bits per heavy atom. The number of fused-ring (bicyclic) bond motifs is 1. The van der Waals surface area contributed by atoms with Gasteiger partial charge in [0.1, 0.15) is 5.75 Å². The monoisotopic (exact) mass is 232 g/mol. The number of rotatable bonds is 2. The minimum Gasteiger partial charge on any atom is -0.497 e. The molecule has 0 radical (unpaired) electrons. The summed E-state index contributed by atoms with van der Waals surface area (Å²) in [6.45, 7) is 8.53. The van der Waals surface area contributed by atoms with Gasteiger partial charge in [-0.05, 0) is 42.0 Å². The summed E-state index contributed by atoms with van der Waals surface area (Å²) in [6.07, 6.45) is 4.68. The molecule has 0 amide bonds. The van der Waals surface area contributed by atoms with Crippen LogP contribution in [0.4, 0.5) is 0 Å². The Morgan fingerprint density at radius 2 is 1.82 bits per heavy atom. The van der Waals surface area contributed by atoms with Crippen LogP contribution < -0.4 is 4.74 Å². The zero-order valence-electron chi connectivity index (χ0n) is 11.7.